The third-order valence-corrected chi connectivity index (χ3v) is 45.2. The third-order valence-electron chi connectivity index (χ3n) is 15.2. The van der Waals surface area contributed by atoms with Gasteiger partial charge in [-0.05, 0) is 101 Å². The molecule has 77 heavy (non-hydrogen) atoms. The van der Waals surface area contributed by atoms with Crippen LogP contribution in [0.2, 0.25) is 0 Å². The lowest BCUT2D eigenvalue weighted by atomic mass is 10.1. The average molecular weight is 1300 g/mol. The Kier molecular flexibility index (Phi) is 76.7. The molecule has 0 heterocycles. The first kappa shape index (κ1) is 87.4. The van der Waals surface area contributed by atoms with E-state index in [1.807, 2.05) is 0 Å². The van der Waals surface area contributed by atoms with E-state index in [-0.39, 0.29) is 7.43 Å². The molecule has 0 aliphatic carbocycles. The highest BCUT2D eigenvalue weighted by Crippen LogP contribution is 2.76. The number of unbranched alkanes of at least 4 members (excludes halogenated alkanes) is 40. The first-order valence-corrected chi connectivity index (χ1v) is 52.2. The van der Waals surface area contributed by atoms with Crippen molar-refractivity contribution in [2.45, 2.75) is 371 Å². The van der Waals surface area contributed by atoms with E-state index >= 15 is 0 Å². The third kappa shape index (κ3) is 70.7. The maximum Gasteiger partial charge on any atom is 0.0182 e. The Bertz CT molecular complexity index is 1150. The first-order chi connectivity index (χ1) is 36.7. The smallest absolute Gasteiger partial charge is 0.0182 e. The summed E-state index contributed by atoms with van der Waals surface area (Å²) in [5.41, 5.74) is 0. The summed E-state index contributed by atoms with van der Waals surface area (Å²) in [6, 6.07) is 0. The van der Waals surface area contributed by atoms with Crippen LogP contribution >= 0.6 is 66.3 Å². The highest BCUT2D eigenvalue weighted by molar-refractivity contribution is 9.19. The molecule has 0 aliphatic heterocycles. The molecule has 0 saturated carbocycles. The van der Waals surface area contributed by atoms with Gasteiger partial charge in [0.15, 0.2) is 0 Å². The lowest BCUT2D eigenvalue weighted by Crippen LogP contribution is -1.96. The second-order valence-corrected chi connectivity index (χ2v) is 57.7. The molecule has 0 fully saturated rings. The van der Waals surface area contributed by atoms with Gasteiger partial charge in [0.1, 0.15) is 0 Å². The summed E-state index contributed by atoms with van der Waals surface area (Å²) in [5, 5.41) is -5.27. The van der Waals surface area contributed by atoms with Crippen molar-refractivity contribution in [1.29, 1.82) is 0 Å². The quantitative estimate of drug-likeness (QED) is 0.0268. The van der Waals surface area contributed by atoms with Crippen molar-refractivity contribution < 1.29 is 0 Å². The minimum Gasteiger partial charge on any atom is -0.141 e. The second kappa shape index (κ2) is 67.5. The van der Waals surface area contributed by atoms with Crippen LogP contribution in [-0.4, -0.2) is 49.3 Å². The van der Waals surface area contributed by atoms with E-state index in [0.29, 0.717) is 0 Å². The molecule has 0 aromatic carbocycles. The van der Waals surface area contributed by atoms with Crippen LogP contribution in [0.1, 0.15) is 371 Å². The minimum absolute atomic E-state index is 0. The molecule has 0 rings (SSSR count). The van der Waals surface area contributed by atoms with Crippen LogP contribution < -0.4 is 0 Å². The van der Waals surface area contributed by atoms with E-state index in [9.17, 15) is 0 Å². The minimum atomic E-state index is -1.36. The topological polar surface area (TPSA) is 0 Å². The van der Waals surface area contributed by atoms with Gasteiger partial charge in [-0.25, -0.2) is 0 Å². The summed E-state index contributed by atoms with van der Waals surface area (Å²) >= 11 is 34.2. The van der Waals surface area contributed by atoms with Crippen LogP contribution in [0.5, 0.6) is 0 Å². The molecule has 0 aromatic rings. The molecule has 0 spiro atoms. The monoisotopic (exact) mass is 1300 g/mol. The van der Waals surface area contributed by atoms with E-state index < -0.39 is 21.0 Å². The normalized spacial score (nSPS) is 12.0. The first-order valence-electron chi connectivity index (χ1n) is 33.8. The molecule has 0 nitrogen and oxygen atoms in total. The molecule has 0 saturated heterocycles. The van der Waals surface area contributed by atoms with Crippen molar-refractivity contribution in [2.24, 2.45) is 0 Å². The molecular weight excluding hydrogens is 1160 g/mol. The molecule has 12 heteroatoms. The Morgan fingerprint density at radius 2 is 0.325 bits per heavy atom. The molecular formula is C65H142P4S8. The predicted molar refractivity (Wildman–Crippen MR) is 403 cm³/mol. The molecule has 0 aromatic heterocycles. The van der Waals surface area contributed by atoms with Crippen molar-refractivity contribution >= 4 is 114 Å². The summed E-state index contributed by atoms with van der Waals surface area (Å²) in [4.78, 5) is 0. The molecule has 0 unspecified atom stereocenters. The fourth-order valence-electron chi connectivity index (χ4n) is 9.81. The van der Waals surface area contributed by atoms with Gasteiger partial charge >= 0.3 is 0 Å². The summed E-state index contributed by atoms with van der Waals surface area (Å²) in [6.07, 6.45) is 76.4. The van der Waals surface area contributed by atoms with E-state index in [0.717, 1.165) is 0 Å². The second-order valence-electron chi connectivity index (χ2n) is 23.4. The Labute approximate surface area is 529 Å². The van der Waals surface area contributed by atoms with E-state index in [1.165, 1.54) is 357 Å². The molecule has 0 radical (unpaired) electrons. The summed E-state index contributed by atoms with van der Waals surface area (Å²) in [6.45, 7) is 18.3. The average Bonchev–Trinajstić information content (AvgIpc) is 3.40. The zero-order valence-electron chi connectivity index (χ0n) is 52.7. The molecule has 470 valence electrons. The Balaban J connectivity index is -0.000000573. The van der Waals surface area contributed by atoms with E-state index in [4.69, 9.17) is 71.7 Å². The van der Waals surface area contributed by atoms with E-state index in [2.05, 4.69) is 76.2 Å². The Morgan fingerprint density at radius 3 is 0.468 bits per heavy atom. The van der Waals surface area contributed by atoms with E-state index in [1.54, 1.807) is 0 Å². The van der Waals surface area contributed by atoms with Crippen molar-refractivity contribution in [3.05, 3.63) is 0 Å². The summed E-state index contributed by atoms with van der Waals surface area (Å²) in [7, 11) is 4.40. The SMILES string of the molecule is C.CCCCCCCCP(=S)(CCCCCCCC)SSP(=S)(CCCCCCCC)CCCCCCCC.CCCCCCCCP(=S)(S)CCCCCCCC.CCCCCCCCP(=S)(S)CCCCCCCC. The van der Waals surface area contributed by atoms with Gasteiger partial charge in [0, 0.05) is 21.0 Å². The predicted octanol–water partition coefficient (Wildman–Crippen LogP) is 29.3. The largest absolute Gasteiger partial charge is 0.141 e. The summed E-state index contributed by atoms with van der Waals surface area (Å²) < 4.78 is 0. The van der Waals surface area contributed by atoms with Gasteiger partial charge in [-0.1, -0.05) is 388 Å². The van der Waals surface area contributed by atoms with Crippen molar-refractivity contribution in [1.82, 2.24) is 0 Å². The van der Waals surface area contributed by atoms with Gasteiger partial charge in [0.2, 0.25) is 0 Å². The van der Waals surface area contributed by atoms with Crippen LogP contribution in [0.25, 0.3) is 0 Å². The fourth-order valence-corrected chi connectivity index (χ4v) is 40.7. The van der Waals surface area contributed by atoms with Crippen LogP contribution in [0.3, 0.4) is 0 Å². The fraction of sp³-hybridized carbons (Fsp3) is 1.00. The number of hydrogen-bond donors (Lipinski definition) is 2. The maximum atomic E-state index is 6.56. The van der Waals surface area contributed by atoms with Gasteiger partial charge in [-0.15, -0.1) is 24.5 Å². The van der Waals surface area contributed by atoms with Gasteiger partial charge in [-0.2, -0.15) is 0 Å². The van der Waals surface area contributed by atoms with Crippen LogP contribution in [0.4, 0.5) is 0 Å². The summed E-state index contributed by atoms with van der Waals surface area (Å²) in [5.74, 6) is 0. The zero-order chi connectivity index (χ0) is 57.0. The van der Waals surface area contributed by atoms with Crippen molar-refractivity contribution in [3.8, 4) is 0 Å². The number of rotatable bonds is 59. The van der Waals surface area contributed by atoms with Gasteiger partial charge < -0.3 is 0 Å². The zero-order valence-corrected chi connectivity index (χ0v) is 63.0. The number of thiol groups is 2. The van der Waals surface area contributed by atoms with Crippen LogP contribution in [-0.2, 0) is 47.2 Å². The Hall–Kier alpha value is 4.00. The standard InChI is InChI=1S/C32H68P2S4.2C16H35PS2.CH4/c1-5-9-13-17-21-25-29-33(35,30-26-22-18-14-10-6-2)37-38-34(36,31-27-23-19-15-11-7-3)32-28-24-20-16-12-8-4;2*1-3-5-7-9-11-13-15-17(18,19)16-14-12-10-8-6-4-2;/h5-32H2,1-4H3;2*3-16H2,1-2H3,(H,18,19);1H4. The highest BCUT2D eigenvalue weighted by Gasteiger charge is 2.25. The lowest BCUT2D eigenvalue weighted by molar-refractivity contribution is 0.622. The van der Waals surface area contributed by atoms with Gasteiger partial charge in [0.05, 0.1) is 0 Å². The number of hydrogen-bond acceptors (Lipinski definition) is 6. The van der Waals surface area contributed by atoms with Crippen molar-refractivity contribution in [2.75, 3.05) is 49.3 Å². The molecule has 0 N–H and O–H groups in total. The molecule has 0 atom stereocenters. The molecule has 0 amide bonds. The molecule has 0 aliphatic rings. The highest BCUT2D eigenvalue weighted by atomic mass is 33.5. The maximum absolute atomic E-state index is 6.56. The van der Waals surface area contributed by atoms with Crippen LogP contribution in [0.15, 0.2) is 0 Å². The van der Waals surface area contributed by atoms with Crippen molar-refractivity contribution in [3.63, 3.8) is 0 Å². The van der Waals surface area contributed by atoms with Gasteiger partial charge in [0.25, 0.3) is 0 Å². The Morgan fingerprint density at radius 1 is 0.208 bits per heavy atom. The van der Waals surface area contributed by atoms with Gasteiger partial charge in [-0.3, -0.25) is 0 Å². The van der Waals surface area contributed by atoms with Crippen LogP contribution in [0, 0.1) is 0 Å². The molecule has 0 bridgehead atoms. The lowest BCUT2D eigenvalue weighted by Gasteiger charge is -2.27.